The molecule has 1 aromatic carbocycles. The molecular formula is C9H9NO4S. The van der Waals surface area contributed by atoms with Crippen LogP contribution in [0, 0.1) is 0 Å². The number of hydrogen-bond acceptors (Lipinski definition) is 5. The van der Waals surface area contributed by atoms with Crippen molar-refractivity contribution in [1.29, 1.82) is 0 Å². The highest BCUT2D eigenvalue weighted by Crippen LogP contribution is 2.22. The van der Waals surface area contributed by atoms with Gasteiger partial charge in [-0.3, -0.25) is 0 Å². The van der Waals surface area contributed by atoms with Crippen LogP contribution in [0.3, 0.4) is 0 Å². The summed E-state index contributed by atoms with van der Waals surface area (Å²) in [5.74, 6) is -0.197. The first-order valence-corrected chi connectivity index (χ1v) is 5.90. The van der Waals surface area contributed by atoms with Crippen LogP contribution in [-0.4, -0.2) is 25.9 Å². The second kappa shape index (κ2) is 4.25. The number of sulfone groups is 1. The van der Waals surface area contributed by atoms with E-state index in [0.29, 0.717) is 5.56 Å². The minimum atomic E-state index is -3.33. The summed E-state index contributed by atoms with van der Waals surface area (Å²) in [5, 5.41) is 9.43. The highest BCUT2D eigenvalue weighted by Gasteiger charge is 2.09. The molecule has 0 amide bonds. The third-order valence-electron chi connectivity index (χ3n) is 1.80. The molecule has 1 N–H and O–H groups in total. The summed E-state index contributed by atoms with van der Waals surface area (Å²) < 4.78 is 22.2. The van der Waals surface area contributed by atoms with Gasteiger partial charge in [0.2, 0.25) is 6.08 Å². The van der Waals surface area contributed by atoms with Gasteiger partial charge in [0.15, 0.2) is 9.84 Å². The highest BCUT2D eigenvalue weighted by molar-refractivity contribution is 7.90. The zero-order valence-corrected chi connectivity index (χ0v) is 8.78. The molecule has 15 heavy (non-hydrogen) atoms. The van der Waals surface area contributed by atoms with Crippen molar-refractivity contribution in [1.82, 2.24) is 0 Å². The lowest BCUT2D eigenvalue weighted by molar-refractivity contribution is 0.466. The van der Waals surface area contributed by atoms with Gasteiger partial charge in [0.1, 0.15) is 5.75 Å². The number of phenolic OH excluding ortho intramolecular Hbond substituents is 1. The number of phenols is 1. The van der Waals surface area contributed by atoms with E-state index >= 15 is 0 Å². The molecule has 0 heterocycles. The molecule has 0 bridgehead atoms. The number of benzene rings is 1. The van der Waals surface area contributed by atoms with Gasteiger partial charge >= 0.3 is 0 Å². The first kappa shape index (κ1) is 11.4. The van der Waals surface area contributed by atoms with E-state index in [4.69, 9.17) is 0 Å². The average Bonchev–Trinajstić information content (AvgIpc) is 2.14. The number of hydrogen-bond donors (Lipinski definition) is 1. The van der Waals surface area contributed by atoms with Crippen molar-refractivity contribution >= 4 is 15.9 Å². The largest absolute Gasteiger partial charge is 0.508 e. The number of isocyanates is 1. The zero-order valence-electron chi connectivity index (χ0n) is 7.97. The summed E-state index contributed by atoms with van der Waals surface area (Å²) in [5.41, 5.74) is 0.380. The fourth-order valence-electron chi connectivity index (χ4n) is 1.03. The summed E-state index contributed by atoms with van der Waals surface area (Å²) in [7, 11) is -3.33. The van der Waals surface area contributed by atoms with Crippen LogP contribution in [0.15, 0.2) is 28.1 Å². The van der Waals surface area contributed by atoms with Gasteiger partial charge in [-0.05, 0) is 12.1 Å². The summed E-state index contributed by atoms with van der Waals surface area (Å²) in [6.07, 6.45) is 2.38. The molecule has 1 aromatic rings. The second-order valence-corrected chi connectivity index (χ2v) is 4.99. The molecule has 0 radical (unpaired) electrons. The molecule has 0 fully saturated rings. The zero-order chi connectivity index (χ0) is 11.5. The van der Waals surface area contributed by atoms with E-state index in [2.05, 4.69) is 4.99 Å². The van der Waals surface area contributed by atoms with Gasteiger partial charge in [0.05, 0.1) is 11.4 Å². The van der Waals surface area contributed by atoms with E-state index in [-0.39, 0.29) is 17.2 Å². The molecule has 80 valence electrons. The molecule has 6 heteroatoms. The van der Waals surface area contributed by atoms with Gasteiger partial charge in [0, 0.05) is 11.8 Å². The lowest BCUT2D eigenvalue weighted by Crippen LogP contribution is -1.97. The minimum absolute atomic E-state index is 0.0145. The molecule has 0 aliphatic heterocycles. The minimum Gasteiger partial charge on any atom is -0.508 e. The van der Waals surface area contributed by atoms with Gasteiger partial charge in [-0.15, -0.1) is 0 Å². The maximum atomic E-state index is 11.1. The second-order valence-electron chi connectivity index (χ2n) is 2.97. The van der Waals surface area contributed by atoms with Crippen molar-refractivity contribution in [2.45, 2.75) is 11.4 Å². The molecule has 0 aliphatic rings. The van der Waals surface area contributed by atoms with Crippen LogP contribution >= 0.6 is 0 Å². The van der Waals surface area contributed by atoms with Gasteiger partial charge in [-0.25, -0.2) is 18.2 Å². The molecule has 1 rings (SSSR count). The molecule has 0 aromatic heterocycles. The molecule has 5 nitrogen and oxygen atoms in total. The smallest absolute Gasteiger partial charge is 0.235 e. The van der Waals surface area contributed by atoms with E-state index in [1.807, 2.05) is 0 Å². The summed E-state index contributed by atoms with van der Waals surface area (Å²) in [6.45, 7) is -0.0145. The lowest BCUT2D eigenvalue weighted by atomic mass is 10.2. The quantitative estimate of drug-likeness (QED) is 0.606. The third-order valence-corrected chi connectivity index (χ3v) is 2.91. The van der Waals surface area contributed by atoms with Gasteiger partial charge < -0.3 is 5.11 Å². The topological polar surface area (TPSA) is 83.8 Å². The predicted molar refractivity (Wildman–Crippen MR) is 53.0 cm³/mol. The normalized spacial score (nSPS) is 10.7. The monoisotopic (exact) mass is 227 g/mol. The Morgan fingerprint density at radius 2 is 2.13 bits per heavy atom. The number of rotatable bonds is 3. The van der Waals surface area contributed by atoms with Crippen molar-refractivity contribution in [2.24, 2.45) is 4.99 Å². The third kappa shape index (κ3) is 2.90. The van der Waals surface area contributed by atoms with E-state index < -0.39 is 9.84 Å². The maximum Gasteiger partial charge on any atom is 0.235 e. The Balaban J connectivity index is 3.14. The predicted octanol–water partition coefficient (Wildman–Crippen LogP) is 0.632. The molecule has 0 unspecified atom stereocenters. The van der Waals surface area contributed by atoms with Crippen LogP contribution in [0.1, 0.15) is 5.56 Å². The summed E-state index contributed by atoms with van der Waals surface area (Å²) in [6, 6.07) is 3.89. The van der Waals surface area contributed by atoms with E-state index in [1.165, 1.54) is 18.2 Å². The lowest BCUT2D eigenvalue weighted by Gasteiger charge is -2.03. The number of aromatic hydroxyl groups is 1. The first-order chi connectivity index (χ1) is 6.95. The van der Waals surface area contributed by atoms with Crippen LogP contribution in [0.25, 0.3) is 0 Å². The van der Waals surface area contributed by atoms with Crippen molar-refractivity contribution < 1.29 is 18.3 Å². The van der Waals surface area contributed by atoms with Crippen LogP contribution in [0.5, 0.6) is 5.75 Å². The SMILES string of the molecule is CS(=O)(=O)c1ccc(CN=C=O)c(O)c1. The van der Waals surface area contributed by atoms with E-state index in [0.717, 1.165) is 12.3 Å². The molecule has 0 saturated carbocycles. The van der Waals surface area contributed by atoms with Crippen LogP contribution < -0.4 is 0 Å². The van der Waals surface area contributed by atoms with Crippen LogP contribution in [0.4, 0.5) is 0 Å². The number of aliphatic imine (C=N–C) groups is 1. The Morgan fingerprint density at radius 3 is 2.60 bits per heavy atom. The standard InChI is InChI=1S/C9H9NO4S/c1-15(13,14)8-3-2-7(5-10-6-11)9(12)4-8/h2-4,12H,5H2,1H3. The molecule has 0 saturated heterocycles. The molecular weight excluding hydrogens is 218 g/mol. The first-order valence-electron chi connectivity index (χ1n) is 4.00. The Labute approximate surface area is 87.0 Å². The van der Waals surface area contributed by atoms with Crippen molar-refractivity contribution in [3.63, 3.8) is 0 Å². The molecule has 0 atom stereocenters. The van der Waals surface area contributed by atoms with Crippen molar-refractivity contribution in [2.75, 3.05) is 6.26 Å². The van der Waals surface area contributed by atoms with E-state index in [1.54, 1.807) is 0 Å². The summed E-state index contributed by atoms with van der Waals surface area (Å²) in [4.78, 5) is 13.2. The van der Waals surface area contributed by atoms with Gasteiger partial charge in [0.25, 0.3) is 0 Å². The molecule has 0 aliphatic carbocycles. The molecule has 0 spiro atoms. The average molecular weight is 227 g/mol. The maximum absolute atomic E-state index is 11.1. The Hall–Kier alpha value is -1.65. The number of carbonyl (C=O) groups excluding carboxylic acids is 1. The number of nitrogens with zero attached hydrogens (tertiary/aromatic N) is 1. The Bertz CT molecular complexity index is 515. The van der Waals surface area contributed by atoms with Crippen molar-refractivity contribution in [3.8, 4) is 5.75 Å². The van der Waals surface area contributed by atoms with Gasteiger partial charge in [-0.1, -0.05) is 6.07 Å². The Kier molecular flexibility index (Phi) is 3.24. The fourth-order valence-corrected chi connectivity index (χ4v) is 1.67. The van der Waals surface area contributed by atoms with E-state index in [9.17, 15) is 18.3 Å². The highest BCUT2D eigenvalue weighted by atomic mass is 32.2. The Morgan fingerprint density at radius 1 is 1.47 bits per heavy atom. The van der Waals surface area contributed by atoms with Crippen LogP contribution in [-0.2, 0) is 21.2 Å². The van der Waals surface area contributed by atoms with Crippen molar-refractivity contribution in [3.05, 3.63) is 23.8 Å². The fraction of sp³-hybridized carbons (Fsp3) is 0.222. The summed E-state index contributed by atoms with van der Waals surface area (Å²) >= 11 is 0. The van der Waals surface area contributed by atoms with Crippen LogP contribution in [0.2, 0.25) is 0 Å². The van der Waals surface area contributed by atoms with Gasteiger partial charge in [-0.2, -0.15) is 0 Å².